The normalized spacial score (nSPS) is 10.4. The van der Waals surface area contributed by atoms with Gasteiger partial charge in [-0.15, -0.1) is 11.3 Å². The number of carbonyl (C=O) groups is 1. The van der Waals surface area contributed by atoms with E-state index < -0.39 is 0 Å². The molecule has 0 saturated heterocycles. The first-order valence-electron chi connectivity index (χ1n) is 4.84. The molecule has 0 radical (unpaired) electrons. The maximum absolute atomic E-state index is 11.9. The lowest BCUT2D eigenvalue weighted by atomic mass is 10.1. The first kappa shape index (κ1) is 11.5. The minimum Gasteiger partial charge on any atom is -0.292 e. The number of thiophene rings is 1. The molecule has 82 valence electrons. The van der Waals surface area contributed by atoms with Crippen LogP contribution in [0.2, 0.25) is 0 Å². The van der Waals surface area contributed by atoms with Crippen molar-refractivity contribution in [2.75, 3.05) is 0 Å². The van der Waals surface area contributed by atoms with Crippen molar-refractivity contribution in [1.82, 2.24) is 4.98 Å². The topological polar surface area (TPSA) is 30.0 Å². The molecular formula is C12H10BrNOS. The highest BCUT2D eigenvalue weighted by atomic mass is 79.9. The lowest BCUT2D eigenvalue weighted by molar-refractivity contribution is 0.0989. The molecule has 0 bridgehead atoms. The number of carbonyl (C=O) groups excluding carboxylic acids is 1. The predicted molar refractivity (Wildman–Crippen MR) is 69.0 cm³/mol. The zero-order valence-electron chi connectivity index (χ0n) is 8.74. The number of ketones is 1. The van der Waals surface area contributed by atoms with Crippen LogP contribution in [0, 0.1) is 6.92 Å². The highest BCUT2D eigenvalue weighted by Crippen LogP contribution is 2.24. The third-order valence-corrected chi connectivity index (χ3v) is 4.14. The molecule has 0 fully saturated rings. The second-order valence-electron chi connectivity index (χ2n) is 3.51. The van der Waals surface area contributed by atoms with Crippen LogP contribution in [-0.4, -0.2) is 10.8 Å². The Morgan fingerprint density at radius 3 is 2.94 bits per heavy atom. The van der Waals surface area contributed by atoms with Gasteiger partial charge in [0.1, 0.15) is 5.69 Å². The first-order chi connectivity index (χ1) is 7.66. The van der Waals surface area contributed by atoms with Gasteiger partial charge in [0.15, 0.2) is 5.78 Å². The van der Waals surface area contributed by atoms with Crippen LogP contribution >= 0.6 is 27.3 Å². The standard InChI is InChI=1S/C12H10BrNOS/c1-8-2-4-14-10(6-8)11(15)7-12-9(13)3-5-16-12/h2-6H,7H2,1H3. The fourth-order valence-electron chi connectivity index (χ4n) is 1.38. The quantitative estimate of drug-likeness (QED) is 0.809. The molecule has 0 aliphatic heterocycles. The minimum absolute atomic E-state index is 0.0619. The van der Waals surface area contributed by atoms with E-state index >= 15 is 0 Å². The van der Waals surface area contributed by atoms with E-state index in [9.17, 15) is 4.79 Å². The van der Waals surface area contributed by atoms with Crippen LogP contribution in [0.15, 0.2) is 34.2 Å². The lowest BCUT2D eigenvalue weighted by Gasteiger charge is -2.00. The molecule has 2 rings (SSSR count). The second-order valence-corrected chi connectivity index (χ2v) is 5.37. The predicted octanol–water partition coefficient (Wildman–Crippen LogP) is 3.64. The molecule has 2 aromatic heterocycles. The van der Waals surface area contributed by atoms with Crippen LogP contribution in [0.3, 0.4) is 0 Å². The Morgan fingerprint density at radius 1 is 1.50 bits per heavy atom. The average Bonchev–Trinajstić information content (AvgIpc) is 2.64. The molecule has 4 heteroatoms. The summed E-state index contributed by atoms with van der Waals surface area (Å²) in [5, 5.41) is 1.97. The average molecular weight is 296 g/mol. The maximum Gasteiger partial charge on any atom is 0.186 e. The lowest BCUT2D eigenvalue weighted by Crippen LogP contribution is -2.05. The number of aryl methyl sites for hydroxylation is 1. The summed E-state index contributed by atoms with van der Waals surface area (Å²) in [6, 6.07) is 5.67. The van der Waals surface area contributed by atoms with Gasteiger partial charge in [-0.05, 0) is 52.0 Å². The number of nitrogens with zero attached hydrogens (tertiary/aromatic N) is 1. The summed E-state index contributed by atoms with van der Waals surface area (Å²) in [7, 11) is 0. The number of hydrogen-bond acceptors (Lipinski definition) is 3. The molecule has 2 aromatic rings. The number of hydrogen-bond donors (Lipinski definition) is 0. The van der Waals surface area contributed by atoms with Gasteiger partial charge in [-0.1, -0.05) is 0 Å². The highest BCUT2D eigenvalue weighted by Gasteiger charge is 2.11. The molecule has 0 aliphatic rings. The van der Waals surface area contributed by atoms with Gasteiger partial charge in [-0.2, -0.15) is 0 Å². The maximum atomic E-state index is 11.9. The number of halogens is 1. The Balaban J connectivity index is 2.18. The van der Waals surface area contributed by atoms with Crippen LogP contribution in [-0.2, 0) is 6.42 Å². The van der Waals surface area contributed by atoms with Crippen LogP contribution in [0.25, 0.3) is 0 Å². The number of pyridine rings is 1. The summed E-state index contributed by atoms with van der Waals surface area (Å²) in [4.78, 5) is 17.1. The molecule has 0 spiro atoms. The molecule has 0 unspecified atom stereocenters. The molecule has 0 aromatic carbocycles. The molecule has 0 atom stereocenters. The summed E-state index contributed by atoms with van der Waals surface area (Å²) < 4.78 is 0.999. The van der Waals surface area contributed by atoms with Crippen molar-refractivity contribution in [3.05, 3.63) is 50.4 Å². The van der Waals surface area contributed by atoms with Gasteiger partial charge in [-0.3, -0.25) is 9.78 Å². The fraction of sp³-hybridized carbons (Fsp3) is 0.167. The third-order valence-electron chi connectivity index (χ3n) is 2.21. The van der Waals surface area contributed by atoms with Gasteiger partial charge in [0, 0.05) is 22.0 Å². The number of aromatic nitrogens is 1. The first-order valence-corrected chi connectivity index (χ1v) is 6.52. The van der Waals surface area contributed by atoms with Gasteiger partial charge >= 0.3 is 0 Å². The fourth-order valence-corrected chi connectivity index (χ4v) is 2.87. The molecule has 0 N–H and O–H groups in total. The van der Waals surface area contributed by atoms with Gasteiger partial charge in [-0.25, -0.2) is 0 Å². The summed E-state index contributed by atoms with van der Waals surface area (Å²) in [6.07, 6.45) is 2.08. The molecule has 16 heavy (non-hydrogen) atoms. The van der Waals surface area contributed by atoms with E-state index in [1.54, 1.807) is 17.5 Å². The summed E-state index contributed by atoms with van der Waals surface area (Å²) in [6.45, 7) is 1.96. The van der Waals surface area contributed by atoms with Crippen molar-refractivity contribution < 1.29 is 4.79 Å². The third kappa shape index (κ3) is 2.57. The molecule has 2 heterocycles. The number of rotatable bonds is 3. The molecule has 0 amide bonds. The van der Waals surface area contributed by atoms with E-state index in [0.29, 0.717) is 12.1 Å². The van der Waals surface area contributed by atoms with Crippen LogP contribution in [0.4, 0.5) is 0 Å². The Bertz CT molecular complexity index is 521. The van der Waals surface area contributed by atoms with Gasteiger partial charge in [0.2, 0.25) is 0 Å². The van der Waals surface area contributed by atoms with Crippen molar-refractivity contribution in [2.24, 2.45) is 0 Å². The van der Waals surface area contributed by atoms with E-state index in [0.717, 1.165) is 14.9 Å². The van der Waals surface area contributed by atoms with Crippen LogP contribution in [0.5, 0.6) is 0 Å². The SMILES string of the molecule is Cc1ccnc(C(=O)Cc2sccc2Br)c1. The van der Waals surface area contributed by atoms with E-state index in [1.807, 2.05) is 30.5 Å². The monoisotopic (exact) mass is 295 g/mol. The second kappa shape index (κ2) is 4.89. The Hall–Kier alpha value is -1.00. The summed E-state index contributed by atoms with van der Waals surface area (Å²) in [5.41, 5.74) is 1.60. The van der Waals surface area contributed by atoms with Crippen molar-refractivity contribution in [2.45, 2.75) is 13.3 Å². The van der Waals surface area contributed by atoms with Crippen LogP contribution in [0.1, 0.15) is 20.9 Å². The molecular weight excluding hydrogens is 286 g/mol. The Labute approximate surface area is 106 Å². The van der Waals surface area contributed by atoms with E-state index in [1.165, 1.54) is 0 Å². The zero-order chi connectivity index (χ0) is 11.5. The molecule has 0 saturated carbocycles. The Kier molecular flexibility index (Phi) is 3.51. The van der Waals surface area contributed by atoms with Crippen molar-refractivity contribution in [3.8, 4) is 0 Å². The molecule has 0 aliphatic carbocycles. The van der Waals surface area contributed by atoms with Crippen molar-refractivity contribution in [1.29, 1.82) is 0 Å². The van der Waals surface area contributed by atoms with Gasteiger partial charge in [0.25, 0.3) is 0 Å². The molecule has 2 nitrogen and oxygen atoms in total. The summed E-state index contributed by atoms with van der Waals surface area (Å²) in [5.74, 6) is 0.0619. The van der Waals surface area contributed by atoms with Crippen LogP contribution < -0.4 is 0 Å². The summed E-state index contributed by atoms with van der Waals surface area (Å²) >= 11 is 5.00. The van der Waals surface area contributed by atoms with Crippen molar-refractivity contribution in [3.63, 3.8) is 0 Å². The smallest absolute Gasteiger partial charge is 0.186 e. The van der Waals surface area contributed by atoms with E-state index in [-0.39, 0.29) is 5.78 Å². The van der Waals surface area contributed by atoms with E-state index in [2.05, 4.69) is 20.9 Å². The van der Waals surface area contributed by atoms with Gasteiger partial charge in [0.05, 0.1) is 0 Å². The Morgan fingerprint density at radius 2 is 2.31 bits per heavy atom. The minimum atomic E-state index is 0.0619. The largest absolute Gasteiger partial charge is 0.292 e. The number of Topliss-reactive ketones (excluding diaryl/α,β-unsaturated/α-hetero) is 1. The van der Waals surface area contributed by atoms with Crippen molar-refractivity contribution >= 4 is 33.0 Å². The highest BCUT2D eigenvalue weighted by molar-refractivity contribution is 9.10. The van der Waals surface area contributed by atoms with Gasteiger partial charge < -0.3 is 0 Å². The van der Waals surface area contributed by atoms with E-state index in [4.69, 9.17) is 0 Å². The zero-order valence-corrected chi connectivity index (χ0v) is 11.1.